The maximum absolute atomic E-state index is 12.3. The highest BCUT2D eigenvalue weighted by atomic mass is 35.5. The Bertz CT molecular complexity index is 794. The summed E-state index contributed by atoms with van der Waals surface area (Å²) < 4.78 is 4.79. The lowest BCUT2D eigenvalue weighted by molar-refractivity contribution is -0.140. The Labute approximate surface area is 168 Å². The van der Waals surface area contributed by atoms with Gasteiger partial charge in [0, 0.05) is 0 Å². The third-order valence-corrected chi connectivity index (χ3v) is 5.55. The first kappa shape index (κ1) is 20.3. The van der Waals surface area contributed by atoms with Gasteiger partial charge in [-0.15, -0.1) is 0 Å². The summed E-state index contributed by atoms with van der Waals surface area (Å²) in [6, 6.07) is 8.33. The van der Waals surface area contributed by atoms with Gasteiger partial charge < -0.3 is 9.84 Å². The lowest BCUT2D eigenvalue weighted by Gasteiger charge is -2.15. The van der Waals surface area contributed by atoms with Crippen molar-refractivity contribution in [2.45, 2.75) is 5.92 Å². The topological polar surface area (TPSA) is 63.6 Å². The molecule has 25 heavy (non-hydrogen) atoms. The molecule has 0 aliphatic heterocycles. The summed E-state index contributed by atoms with van der Waals surface area (Å²) in [5.74, 6) is -3.19. The van der Waals surface area contributed by atoms with E-state index in [2.05, 4.69) is 0 Å². The second-order valence-corrected chi connectivity index (χ2v) is 6.69. The van der Waals surface area contributed by atoms with Crippen molar-refractivity contribution in [1.82, 2.24) is 0 Å². The predicted octanol–water partition coefficient (Wildman–Crippen LogP) is 5.41. The van der Waals surface area contributed by atoms with E-state index in [1.165, 1.54) is 0 Å². The second kappa shape index (κ2) is 8.58. The molecule has 9 heteroatoms. The van der Waals surface area contributed by atoms with Crippen LogP contribution in [0.4, 0.5) is 0 Å². The molecule has 2 aromatic carbocycles. The van der Waals surface area contributed by atoms with Crippen LogP contribution >= 0.6 is 58.0 Å². The number of hydrogen-bond acceptors (Lipinski definition) is 4. The van der Waals surface area contributed by atoms with Crippen LogP contribution in [0.1, 0.15) is 21.8 Å². The number of aliphatic hydroxyl groups excluding tert-OH is 1. The fraction of sp³-hybridized carbons (Fsp3) is 0.125. The molecule has 0 aliphatic carbocycles. The van der Waals surface area contributed by atoms with Crippen molar-refractivity contribution in [2.75, 3.05) is 6.61 Å². The molecule has 0 saturated heterocycles. The van der Waals surface area contributed by atoms with E-state index >= 15 is 0 Å². The smallest absolute Gasteiger partial charge is 0.348 e. The van der Waals surface area contributed by atoms with Gasteiger partial charge in [-0.25, -0.2) is 4.79 Å². The molecule has 4 nitrogen and oxygen atoms in total. The molecule has 0 bridgehead atoms. The Balaban J connectivity index is 2.32. The third-order valence-electron chi connectivity index (χ3n) is 3.28. The summed E-state index contributed by atoms with van der Waals surface area (Å²) in [7, 11) is 0. The molecule has 0 fully saturated rings. The average molecular weight is 443 g/mol. The van der Waals surface area contributed by atoms with Crippen LogP contribution in [0.25, 0.3) is 0 Å². The molecular weight excluding hydrogens is 433 g/mol. The van der Waals surface area contributed by atoms with Crippen LogP contribution in [0.15, 0.2) is 30.3 Å². The van der Waals surface area contributed by atoms with Gasteiger partial charge in [0.25, 0.3) is 0 Å². The van der Waals surface area contributed by atoms with E-state index in [0.717, 1.165) is 0 Å². The van der Waals surface area contributed by atoms with Crippen LogP contribution in [-0.4, -0.2) is 23.7 Å². The molecule has 132 valence electrons. The number of benzene rings is 2. The number of carbonyl (C=O) groups is 2. The number of carbonyl (C=O) groups excluding carboxylic acids is 2. The highest BCUT2D eigenvalue weighted by Gasteiger charge is 2.29. The highest BCUT2D eigenvalue weighted by molar-refractivity contribution is 6.56. The molecule has 2 aromatic rings. The molecule has 2 rings (SSSR count). The van der Waals surface area contributed by atoms with E-state index in [1.54, 1.807) is 30.3 Å². The minimum Gasteiger partial charge on any atom is -0.395 e. The lowest BCUT2D eigenvalue weighted by atomic mass is 10.0. The van der Waals surface area contributed by atoms with E-state index in [-0.39, 0.29) is 30.7 Å². The van der Waals surface area contributed by atoms with Gasteiger partial charge >= 0.3 is 11.9 Å². The van der Waals surface area contributed by atoms with Gasteiger partial charge in [-0.05, 0) is 5.56 Å². The minimum atomic E-state index is -1.16. The van der Waals surface area contributed by atoms with Crippen molar-refractivity contribution in [1.29, 1.82) is 0 Å². The van der Waals surface area contributed by atoms with E-state index < -0.39 is 24.5 Å². The van der Waals surface area contributed by atoms with Crippen LogP contribution in [0, 0.1) is 0 Å². The summed E-state index contributed by atoms with van der Waals surface area (Å²) in [6.07, 6.45) is 0. The summed E-state index contributed by atoms with van der Waals surface area (Å²) in [4.78, 5) is 24.5. The number of esters is 2. The van der Waals surface area contributed by atoms with Crippen molar-refractivity contribution < 1.29 is 19.4 Å². The fourth-order valence-electron chi connectivity index (χ4n) is 2.00. The first-order valence-corrected chi connectivity index (χ1v) is 8.61. The van der Waals surface area contributed by atoms with Crippen molar-refractivity contribution >= 4 is 69.9 Å². The Morgan fingerprint density at radius 2 is 1.36 bits per heavy atom. The van der Waals surface area contributed by atoms with Crippen LogP contribution < -0.4 is 0 Å². The van der Waals surface area contributed by atoms with Gasteiger partial charge in [0.1, 0.15) is 11.5 Å². The number of halogens is 5. The SMILES string of the molecule is O=C(OC(=O)C(CO)c1ccccc1)c1c(Cl)c(Cl)c(Cl)c(Cl)c1Cl. The van der Waals surface area contributed by atoms with E-state index in [0.29, 0.717) is 5.56 Å². The zero-order valence-corrected chi connectivity index (χ0v) is 16.0. The van der Waals surface area contributed by atoms with Crippen LogP contribution in [0.5, 0.6) is 0 Å². The minimum absolute atomic E-state index is 0.126. The first-order valence-electron chi connectivity index (χ1n) is 6.72. The van der Waals surface area contributed by atoms with E-state index in [1.807, 2.05) is 0 Å². The predicted molar refractivity (Wildman–Crippen MR) is 98.2 cm³/mol. The molecule has 0 spiro atoms. The standard InChI is InChI=1S/C16H9Cl5O4/c17-10-9(11(18)13(20)14(21)12(10)19)16(24)25-15(23)8(6-22)7-4-2-1-3-5-7/h1-5,8,22H,6H2. The Morgan fingerprint density at radius 1 is 0.880 bits per heavy atom. The van der Waals surface area contributed by atoms with Crippen LogP contribution in [0.2, 0.25) is 25.1 Å². The summed E-state index contributed by atoms with van der Waals surface area (Å²) in [5, 5.41) is 8.34. The van der Waals surface area contributed by atoms with Crippen molar-refractivity contribution in [3.05, 3.63) is 66.6 Å². The summed E-state index contributed by atoms with van der Waals surface area (Å²) >= 11 is 29.5. The lowest BCUT2D eigenvalue weighted by Crippen LogP contribution is -2.23. The zero-order chi connectivity index (χ0) is 18.7. The van der Waals surface area contributed by atoms with Gasteiger partial charge in [-0.2, -0.15) is 0 Å². The maximum Gasteiger partial charge on any atom is 0.348 e. The fourth-order valence-corrected chi connectivity index (χ4v) is 3.29. The average Bonchev–Trinajstić information content (AvgIpc) is 2.60. The molecule has 1 unspecified atom stereocenters. The molecule has 0 saturated carbocycles. The van der Waals surface area contributed by atoms with Crippen molar-refractivity contribution in [2.24, 2.45) is 0 Å². The molecule has 0 amide bonds. The monoisotopic (exact) mass is 440 g/mol. The molecular formula is C16H9Cl5O4. The summed E-state index contributed by atoms with van der Waals surface area (Å²) in [5.41, 5.74) is 0.0907. The maximum atomic E-state index is 12.3. The van der Waals surface area contributed by atoms with Gasteiger partial charge in [-0.3, -0.25) is 4.79 Å². The normalized spacial score (nSPS) is 11.9. The Hall–Kier alpha value is -1.01. The van der Waals surface area contributed by atoms with Crippen LogP contribution in [0.3, 0.4) is 0 Å². The summed E-state index contributed by atoms with van der Waals surface area (Å²) in [6.45, 7) is -0.556. The molecule has 0 aromatic heterocycles. The van der Waals surface area contributed by atoms with Crippen molar-refractivity contribution in [3.63, 3.8) is 0 Å². The highest BCUT2D eigenvalue weighted by Crippen LogP contribution is 2.44. The zero-order valence-electron chi connectivity index (χ0n) is 12.2. The Kier molecular flexibility index (Phi) is 6.97. The van der Waals surface area contributed by atoms with E-state index in [4.69, 9.17) is 62.7 Å². The van der Waals surface area contributed by atoms with Gasteiger partial charge in [0.2, 0.25) is 0 Å². The van der Waals surface area contributed by atoms with Gasteiger partial charge in [-0.1, -0.05) is 88.3 Å². The van der Waals surface area contributed by atoms with E-state index in [9.17, 15) is 14.7 Å². The molecule has 0 heterocycles. The number of hydrogen-bond donors (Lipinski definition) is 1. The Morgan fingerprint density at radius 3 is 1.84 bits per heavy atom. The number of aliphatic hydroxyl groups is 1. The number of ether oxygens (including phenoxy) is 1. The number of rotatable bonds is 4. The van der Waals surface area contributed by atoms with Gasteiger partial charge in [0.15, 0.2) is 0 Å². The molecule has 1 atom stereocenters. The third kappa shape index (κ3) is 4.22. The van der Waals surface area contributed by atoms with Gasteiger partial charge in [0.05, 0.1) is 31.7 Å². The molecule has 0 aliphatic rings. The largest absolute Gasteiger partial charge is 0.395 e. The second-order valence-electron chi connectivity index (χ2n) is 4.80. The first-order chi connectivity index (χ1) is 11.8. The van der Waals surface area contributed by atoms with Crippen LogP contribution in [-0.2, 0) is 9.53 Å². The molecule has 1 N–H and O–H groups in total. The molecule has 0 radical (unpaired) electrons. The van der Waals surface area contributed by atoms with Crippen molar-refractivity contribution in [3.8, 4) is 0 Å². The quantitative estimate of drug-likeness (QED) is 0.298.